The lowest BCUT2D eigenvalue weighted by atomic mass is 10.2. The smallest absolute Gasteiger partial charge is 0.227 e. The Balaban J connectivity index is 1.55. The molecule has 0 aliphatic carbocycles. The first-order chi connectivity index (χ1) is 11.8. The van der Waals surface area contributed by atoms with E-state index in [2.05, 4.69) is 29.2 Å². The van der Waals surface area contributed by atoms with Crippen LogP contribution in [0.1, 0.15) is 5.76 Å². The van der Waals surface area contributed by atoms with Crippen molar-refractivity contribution in [3.8, 4) is 11.8 Å². The van der Waals surface area contributed by atoms with E-state index in [4.69, 9.17) is 14.4 Å². The molecule has 1 aliphatic heterocycles. The van der Waals surface area contributed by atoms with Gasteiger partial charge in [0.05, 0.1) is 26.2 Å². The minimum Gasteiger partial charge on any atom is -0.471 e. The van der Waals surface area contributed by atoms with E-state index in [-0.39, 0.29) is 17.8 Å². The van der Waals surface area contributed by atoms with Crippen LogP contribution in [0.5, 0.6) is 5.75 Å². The second-order valence-corrected chi connectivity index (χ2v) is 5.77. The van der Waals surface area contributed by atoms with Crippen molar-refractivity contribution in [2.75, 3.05) is 37.7 Å². The van der Waals surface area contributed by atoms with E-state index >= 15 is 0 Å². The lowest BCUT2D eigenvalue weighted by molar-refractivity contribution is -0.915. The first-order valence-electron chi connectivity index (χ1n) is 8.01. The van der Waals surface area contributed by atoms with Crippen molar-refractivity contribution >= 4 is 5.69 Å². The van der Waals surface area contributed by atoms with Crippen molar-refractivity contribution in [2.24, 2.45) is 0 Å². The van der Waals surface area contributed by atoms with Gasteiger partial charge in [0, 0.05) is 11.8 Å². The molecule has 0 bridgehead atoms. The van der Waals surface area contributed by atoms with Gasteiger partial charge in [-0.3, -0.25) is 4.79 Å². The Hall–Kier alpha value is -2.78. The highest BCUT2D eigenvalue weighted by Gasteiger charge is 2.21. The molecule has 24 heavy (non-hydrogen) atoms. The third kappa shape index (κ3) is 3.94. The third-order valence-corrected chi connectivity index (χ3v) is 4.16. The summed E-state index contributed by atoms with van der Waals surface area (Å²) in [5, 5.41) is 8.48. The average molecular weight is 326 g/mol. The van der Waals surface area contributed by atoms with Gasteiger partial charge in [-0.15, -0.1) is 0 Å². The zero-order valence-electron chi connectivity index (χ0n) is 13.4. The molecule has 3 rings (SSSR count). The fourth-order valence-corrected chi connectivity index (χ4v) is 2.89. The topological polar surface area (TPSA) is 70.9 Å². The number of benzene rings is 1. The zero-order chi connectivity index (χ0) is 16.8. The minimum atomic E-state index is -0.242. The fraction of sp³-hybridized carbons (Fsp3) is 0.333. The Kier molecular flexibility index (Phi) is 5.14. The predicted octanol–water partition coefficient (Wildman–Crippen LogP) is 0.447. The van der Waals surface area contributed by atoms with Crippen LogP contribution in [0.15, 0.2) is 51.9 Å². The number of hydrogen-bond acceptors (Lipinski definition) is 5. The number of rotatable bonds is 5. The molecule has 2 aromatic rings. The molecule has 1 saturated heterocycles. The predicted molar refractivity (Wildman–Crippen MR) is 89.1 cm³/mol. The SMILES string of the molecule is N#CCOc1coc(C[NH+]2CCN(c3ccccc3)CC2)cc1=O. The summed E-state index contributed by atoms with van der Waals surface area (Å²) < 4.78 is 10.5. The Morgan fingerprint density at radius 2 is 2.00 bits per heavy atom. The molecule has 1 aromatic carbocycles. The highest BCUT2D eigenvalue weighted by atomic mass is 16.5. The largest absolute Gasteiger partial charge is 0.471 e. The number of para-hydroxylation sites is 1. The quantitative estimate of drug-likeness (QED) is 0.864. The second kappa shape index (κ2) is 7.66. The monoisotopic (exact) mass is 326 g/mol. The summed E-state index contributed by atoms with van der Waals surface area (Å²) >= 11 is 0. The lowest BCUT2D eigenvalue weighted by Crippen LogP contribution is -3.13. The normalized spacial score (nSPS) is 15.0. The third-order valence-electron chi connectivity index (χ3n) is 4.16. The van der Waals surface area contributed by atoms with Gasteiger partial charge in [0.1, 0.15) is 18.9 Å². The molecule has 2 heterocycles. The number of quaternary nitrogens is 1. The Morgan fingerprint density at radius 1 is 1.25 bits per heavy atom. The summed E-state index contributed by atoms with van der Waals surface area (Å²) in [5.41, 5.74) is 1.01. The van der Waals surface area contributed by atoms with Crippen molar-refractivity contribution < 1.29 is 14.1 Å². The highest BCUT2D eigenvalue weighted by Crippen LogP contribution is 2.12. The van der Waals surface area contributed by atoms with Crippen LogP contribution in [-0.4, -0.2) is 32.8 Å². The number of anilines is 1. The van der Waals surface area contributed by atoms with Gasteiger partial charge in [-0.1, -0.05) is 18.2 Å². The fourth-order valence-electron chi connectivity index (χ4n) is 2.89. The van der Waals surface area contributed by atoms with Crippen LogP contribution in [0.3, 0.4) is 0 Å². The van der Waals surface area contributed by atoms with Gasteiger partial charge in [0.2, 0.25) is 11.2 Å². The Morgan fingerprint density at radius 3 is 2.67 bits per heavy atom. The van der Waals surface area contributed by atoms with Crippen molar-refractivity contribution in [1.29, 1.82) is 5.26 Å². The number of nitriles is 1. The maximum absolute atomic E-state index is 11.9. The van der Waals surface area contributed by atoms with E-state index in [0.717, 1.165) is 26.2 Å². The standard InChI is InChI=1S/C18H19N3O3/c19-6-11-23-18-14-24-16(12-17(18)22)13-20-7-9-21(10-8-20)15-4-2-1-3-5-15/h1-5,12,14H,7-11,13H2/p+1. The number of nitrogens with zero attached hydrogens (tertiary/aromatic N) is 2. The van der Waals surface area contributed by atoms with Crippen molar-refractivity contribution in [3.05, 3.63) is 58.6 Å². The van der Waals surface area contributed by atoms with E-state index in [1.807, 2.05) is 12.1 Å². The molecule has 0 radical (unpaired) electrons. The summed E-state index contributed by atoms with van der Waals surface area (Å²) in [6.07, 6.45) is 1.30. The van der Waals surface area contributed by atoms with Crippen LogP contribution < -0.4 is 20.0 Å². The first kappa shape index (κ1) is 16.1. The number of ether oxygens (including phenoxy) is 1. The molecule has 1 aliphatic rings. The average Bonchev–Trinajstić information content (AvgIpc) is 2.62. The maximum Gasteiger partial charge on any atom is 0.227 e. The van der Waals surface area contributed by atoms with E-state index in [1.54, 1.807) is 0 Å². The maximum atomic E-state index is 11.9. The van der Waals surface area contributed by atoms with Crippen molar-refractivity contribution in [1.82, 2.24) is 0 Å². The molecule has 0 saturated carbocycles. The van der Waals surface area contributed by atoms with Crippen molar-refractivity contribution in [2.45, 2.75) is 6.54 Å². The van der Waals surface area contributed by atoms with Gasteiger partial charge in [-0.2, -0.15) is 5.26 Å². The van der Waals surface area contributed by atoms with Crippen LogP contribution in [0.4, 0.5) is 5.69 Å². The summed E-state index contributed by atoms with van der Waals surface area (Å²) in [6.45, 7) is 4.46. The minimum absolute atomic E-state index is 0.0872. The van der Waals surface area contributed by atoms with E-state index in [9.17, 15) is 4.79 Å². The van der Waals surface area contributed by atoms with E-state index in [0.29, 0.717) is 12.3 Å². The molecule has 0 atom stereocenters. The molecule has 1 N–H and O–H groups in total. The molecule has 6 heteroatoms. The van der Waals surface area contributed by atoms with E-state index < -0.39 is 0 Å². The summed E-state index contributed by atoms with van der Waals surface area (Å²) in [4.78, 5) is 15.7. The Bertz CT molecular complexity index is 759. The lowest BCUT2D eigenvalue weighted by Gasteiger charge is -2.33. The van der Waals surface area contributed by atoms with Gasteiger partial charge in [-0.05, 0) is 12.1 Å². The first-order valence-corrected chi connectivity index (χ1v) is 8.01. The van der Waals surface area contributed by atoms with Gasteiger partial charge in [0.15, 0.2) is 12.4 Å². The molecule has 1 fully saturated rings. The Labute approximate surface area is 140 Å². The molecule has 0 amide bonds. The molecule has 124 valence electrons. The van der Waals surface area contributed by atoms with Gasteiger partial charge in [0.25, 0.3) is 0 Å². The van der Waals surface area contributed by atoms with E-state index in [1.165, 1.54) is 22.9 Å². The molecular formula is C18H20N3O3+. The number of piperazine rings is 1. The van der Waals surface area contributed by atoms with Gasteiger partial charge >= 0.3 is 0 Å². The van der Waals surface area contributed by atoms with Crippen LogP contribution in [0.2, 0.25) is 0 Å². The summed E-state index contributed by atoms with van der Waals surface area (Å²) in [5.74, 6) is 0.733. The number of hydrogen-bond donors (Lipinski definition) is 1. The molecule has 1 aromatic heterocycles. The van der Waals surface area contributed by atoms with Crippen LogP contribution in [-0.2, 0) is 6.54 Å². The summed E-state index contributed by atoms with van der Waals surface area (Å²) in [7, 11) is 0. The molecule has 0 spiro atoms. The van der Waals surface area contributed by atoms with Crippen LogP contribution >= 0.6 is 0 Å². The van der Waals surface area contributed by atoms with Gasteiger partial charge in [-0.25, -0.2) is 0 Å². The second-order valence-electron chi connectivity index (χ2n) is 5.77. The molecule has 6 nitrogen and oxygen atoms in total. The highest BCUT2D eigenvalue weighted by molar-refractivity contribution is 5.46. The molecular weight excluding hydrogens is 306 g/mol. The zero-order valence-corrected chi connectivity index (χ0v) is 13.4. The van der Waals surface area contributed by atoms with Crippen LogP contribution in [0.25, 0.3) is 0 Å². The molecule has 0 unspecified atom stereocenters. The van der Waals surface area contributed by atoms with Crippen molar-refractivity contribution in [3.63, 3.8) is 0 Å². The van der Waals surface area contributed by atoms with Gasteiger partial charge < -0.3 is 19.0 Å². The summed E-state index contributed by atoms with van der Waals surface area (Å²) in [6, 6.07) is 13.7. The number of nitrogens with one attached hydrogen (secondary N) is 1. The van der Waals surface area contributed by atoms with Crippen LogP contribution in [0, 0.1) is 11.3 Å².